The molecule has 0 heterocycles. The minimum atomic E-state index is -1.32. The van der Waals surface area contributed by atoms with Gasteiger partial charge >= 0.3 is 0 Å². The second-order valence-corrected chi connectivity index (χ2v) is 9.22. The first-order valence-corrected chi connectivity index (χ1v) is 8.13. The summed E-state index contributed by atoms with van der Waals surface area (Å²) in [6.07, 6.45) is -0.00127. The molecule has 0 amide bonds. The van der Waals surface area contributed by atoms with Crippen LogP contribution in [-0.4, -0.2) is 32.4 Å². The highest BCUT2D eigenvalue weighted by Crippen LogP contribution is 2.05. The van der Waals surface area contributed by atoms with Crippen molar-refractivity contribution in [2.45, 2.75) is 39.1 Å². The van der Waals surface area contributed by atoms with Crippen LogP contribution in [-0.2, 0) is 0 Å². The highest BCUT2D eigenvalue weighted by Gasteiger charge is 2.12. The monoisotopic (exact) mass is 202 g/mol. The highest BCUT2D eigenvalue weighted by molar-refractivity contribution is 6.83. The zero-order valence-electron chi connectivity index (χ0n) is 9.92. The summed E-state index contributed by atoms with van der Waals surface area (Å²) >= 11 is 0. The number of hydrogen-bond donors (Lipinski definition) is 2. The molecule has 2 atom stereocenters. The molecule has 0 aromatic rings. The Hall–Kier alpha value is -0.303. The smallest absolute Gasteiger partial charge is 0.210 e. The van der Waals surface area contributed by atoms with E-state index in [1.807, 2.05) is 6.92 Å². The molecule has 0 aliphatic heterocycles. The van der Waals surface area contributed by atoms with E-state index in [9.17, 15) is 5.11 Å². The second kappa shape index (κ2) is 5.43. The lowest BCUT2D eigenvalue weighted by Crippen LogP contribution is -2.21. The second-order valence-electron chi connectivity index (χ2n) is 4.47. The minimum absolute atomic E-state index is 0.0246. The van der Waals surface area contributed by atoms with Crippen LogP contribution in [0.1, 0.15) is 13.3 Å². The van der Waals surface area contributed by atoms with Gasteiger partial charge in [-0.1, -0.05) is 26.6 Å². The summed E-state index contributed by atoms with van der Waals surface area (Å²) in [5.41, 5.74) is 3.19. The standard InChI is InChI=1S/C10H20O2Si/c1-9(8-11)10(12)6-5-7-13(2,3)4/h9-12H,6,8H2,1-4H3/t9-,10+/m0/s1/i11T. The number of hydrogen-bond acceptors (Lipinski definition) is 2. The molecule has 0 bridgehead atoms. The Kier molecular flexibility index (Phi) is 4.50. The minimum Gasteiger partial charge on any atom is -0.396 e. The number of aliphatic hydroxyl groups is 2. The van der Waals surface area contributed by atoms with Crippen molar-refractivity contribution in [2.24, 2.45) is 5.92 Å². The average Bonchev–Trinajstić information content (AvgIpc) is 2.02. The quantitative estimate of drug-likeness (QED) is 0.532. The molecule has 0 aromatic heterocycles. The topological polar surface area (TPSA) is 40.5 Å². The molecule has 0 radical (unpaired) electrons. The van der Waals surface area contributed by atoms with Crippen molar-refractivity contribution in [1.29, 1.82) is 1.43 Å². The summed E-state index contributed by atoms with van der Waals surface area (Å²) in [6.45, 7) is 8.62. The van der Waals surface area contributed by atoms with Crippen molar-refractivity contribution in [3.8, 4) is 11.5 Å². The fraction of sp³-hybridized carbons (Fsp3) is 0.800. The van der Waals surface area contributed by atoms with E-state index < -0.39 is 14.2 Å². The van der Waals surface area contributed by atoms with E-state index in [2.05, 4.69) is 36.2 Å². The molecule has 0 fully saturated rings. The van der Waals surface area contributed by atoms with Gasteiger partial charge in [0.2, 0.25) is 1.43 Å². The maximum atomic E-state index is 9.60. The van der Waals surface area contributed by atoms with E-state index in [0.717, 1.165) is 0 Å². The molecule has 0 saturated carbocycles. The van der Waals surface area contributed by atoms with Gasteiger partial charge in [0, 0.05) is 18.9 Å². The van der Waals surface area contributed by atoms with Gasteiger partial charge in [-0.15, -0.1) is 11.5 Å². The van der Waals surface area contributed by atoms with Crippen LogP contribution in [0.15, 0.2) is 0 Å². The van der Waals surface area contributed by atoms with Crippen LogP contribution in [0.2, 0.25) is 19.6 Å². The number of aliphatic hydroxyl groups excluding tert-OH is 2. The molecule has 0 aromatic carbocycles. The van der Waals surface area contributed by atoms with Gasteiger partial charge in [0.15, 0.2) is 0 Å². The van der Waals surface area contributed by atoms with Gasteiger partial charge in [0.25, 0.3) is 0 Å². The average molecular weight is 202 g/mol. The van der Waals surface area contributed by atoms with E-state index >= 15 is 0 Å². The van der Waals surface area contributed by atoms with Gasteiger partial charge in [-0.3, -0.25) is 0 Å². The summed E-state index contributed by atoms with van der Waals surface area (Å²) in [4.78, 5) is 0. The van der Waals surface area contributed by atoms with Crippen molar-refractivity contribution >= 4 is 8.07 Å². The van der Waals surface area contributed by atoms with Gasteiger partial charge in [0.1, 0.15) is 8.07 Å². The molecular formula is C10H20O2Si. The van der Waals surface area contributed by atoms with E-state index in [1.54, 1.807) is 0 Å². The predicted octanol–water partition coefficient (Wildman–Crippen LogP) is 1.25. The molecule has 0 unspecified atom stereocenters. The molecule has 76 valence electrons. The lowest BCUT2D eigenvalue weighted by Gasteiger charge is -2.13. The van der Waals surface area contributed by atoms with Crippen LogP contribution < -0.4 is 0 Å². The van der Waals surface area contributed by atoms with Gasteiger partial charge in [0.05, 0.1) is 6.10 Å². The lowest BCUT2D eigenvalue weighted by atomic mass is 10.0. The highest BCUT2D eigenvalue weighted by atomic mass is 28.3. The zero-order chi connectivity index (χ0) is 11.2. The van der Waals surface area contributed by atoms with Crippen LogP contribution in [0.5, 0.6) is 0 Å². The Labute approximate surface area is 83.5 Å². The Balaban J connectivity index is 3.93. The summed E-state index contributed by atoms with van der Waals surface area (Å²) in [7, 11) is -1.32. The van der Waals surface area contributed by atoms with Crippen molar-refractivity contribution < 1.29 is 10.2 Å². The Morgan fingerprint density at radius 1 is 1.46 bits per heavy atom. The molecule has 0 rings (SSSR count). The van der Waals surface area contributed by atoms with E-state index in [1.165, 1.54) is 0 Å². The first-order valence-electron chi connectivity index (χ1n) is 5.04. The van der Waals surface area contributed by atoms with Crippen LogP contribution in [0.25, 0.3) is 0 Å². The maximum Gasteiger partial charge on any atom is 0.210 e. The maximum absolute atomic E-state index is 9.60. The largest absolute Gasteiger partial charge is 0.396 e. The molecule has 0 aliphatic carbocycles. The Morgan fingerprint density at radius 2 is 2.08 bits per heavy atom. The predicted molar refractivity (Wildman–Crippen MR) is 58.0 cm³/mol. The third-order valence-corrected chi connectivity index (χ3v) is 2.62. The molecule has 13 heavy (non-hydrogen) atoms. The zero-order valence-corrected chi connectivity index (χ0v) is 9.92. The lowest BCUT2D eigenvalue weighted by molar-refractivity contribution is 0.0811. The first-order chi connectivity index (χ1) is 6.37. The van der Waals surface area contributed by atoms with Crippen molar-refractivity contribution in [3.63, 3.8) is 0 Å². The van der Waals surface area contributed by atoms with Crippen molar-refractivity contribution in [2.75, 3.05) is 6.61 Å². The van der Waals surface area contributed by atoms with E-state index in [0.29, 0.717) is 6.42 Å². The van der Waals surface area contributed by atoms with Crippen LogP contribution >= 0.6 is 0 Å². The molecule has 0 spiro atoms. The summed E-state index contributed by atoms with van der Waals surface area (Å²) < 4.78 is 6.56. The number of rotatable bonds is 4. The Morgan fingerprint density at radius 3 is 2.54 bits per heavy atom. The molecule has 3 heteroatoms. The van der Waals surface area contributed by atoms with Gasteiger partial charge in [-0.25, -0.2) is 0 Å². The molecular weight excluding hydrogens is 180 g/mol. The molecule has 2 N–H and O–H groups in total. The summed E-state index contributed by atoms with van der Waals surface area (Å²) in [6, 6.07) is 0. The molecule has 2 nitrogen and oxygen atoms in total. The first kappa shape index (κ1) is 10.8. The van der Waals surface area contributed by atoms with Gasteiger partial charge < -0.3 is 10.2 Å². The molecule has 0 aliphatic rings. The van der Waals surface area contributed by atoms with E-state index in [-0.39, 0.29) is 12.5 Å². The molecule has 0 saturated heterocycles. The summed E-state index contributed by atoms with van der Waals surface area (Å²) in [5, 5.41) is 13.8. The van der Waals surface area contributed by atoms with Crippen molar-refractivity contribution in [3.05, 3.63) is 0 Å². The third-order valence-electron chi connectivity index (χ3n) is 1.69. The van der Waals surface area contributed by atoms with Crippen LogP contribution in [0, 0.1) is 17.4 Å². The fourth-order valence-electron chi connectivity index (χ4n) is 0.733. The van der Waals surface area contributed by atoms with Crippen LogP contribution in [0.3, 0.4) is 0 Å². The summed E-state index contributed by atoms with van der Waals surface area (Å²) in [5.74, 6) is 2.98. The normalized spacial score (nSPS) is 16.8. The SMILES string of the molecule is [3H]OC[C@H](C)[C@H](O)CC#C[Si](C)(C)C. The van der Waals surface area contributed by atoms with Gasteiger partial charge in [-0.2, -0.15) is 0 Å². The fourth-order valence-corrected chi connectivity index (χ4v) is 1.37. The van der Waals surface area contributed by atoms with Crippen molar-refractivity contribution in [1.82, 2.24) is 0 Å². The third kappa shape index (κ3) is 6.82. The Bertz CT molecular complexity index is 214. The van der Waals surface area contributed by atoms with Gasteiger partial charge in [-0.05, 0) is 0 Å². The van der Waals surface area contributed by atoms with E-state index in [4.69, 9.17) is 1.43 Å². The van der Waals surface area contributed by atoms with Crippen LogP contribution in [0.4, 0.5) is 0 Å².